The van der Waals surface area contributed by atoms with Gasteiger partial charge in [0.15, 0.2) is 5.11 Å². The molecule has 24 heavy (non-hydrogen) atoms. The third-order valence-corrected chi connectivity index (χ3v) is 5.56. The molecule has 0 radical (unpaired) electrons. The molecule has 0 saturated carbocycles. The maximum Gasteiger partial charge on any atom is 0.173 e. The Labute approximate surface area is 155 Å². The molecule has 2 fully saturated rings. The summed E-state index contributed by atoms with van der Waals surface area (Å²) < 4.78 is 5.76. The van der Waals surface area contributed by atoms with Crippen LogP contribution in [-0.4, -0.2) is 60.3 Å². The van der Waals surface area contributed by atoms with Gasteiger partial charge in [-0.3, -0.25) is 0 Å². The van der Waals surface area contributed by atoms with E-state index in [4.69, 9.17) is 28.6 Å². The van der Waals surface area contributed by atoms with Crippen LogP contribution in [0.2, 0.25) is 5.02 Å². The van der Waals surface area contributed by atoms with Crippen LogP contribution in [0.15, 0.2) is 24.3 Å². The van der Waals surface area contributed by atoms with Gasteiger partial charge >= 0.3 is 0 Å². The maximum absolute atomic E-state index is 6.03. The minimum absolute atomic E-state index is 0.429. The van der Waals surface area contributed by atoms with Gasteiger partial charge in [-0.05, 0) is 63.1 Å². The highest BCUT2D eigenvalue weighted by molar-refractivity contribution is 7.80. The number of likely N-dealkylation sites (tertiary alicyclic amines) is 1. The lowest BCUT2D eigenvalue weighted by molar-refractivity contribution is 0.0576. The van der Waals surface area contributed by atoms with Crippen LogP contribution in [0.4, 0.5) is 5.69 Å². The fourth-order valence-corrected chi connectivity index (χ4v) is 4.03. The van der Waals surface area contributed by atoms with Gasteiger partial charge < -0.3 is 19.9 Å². The average Bonchev–Trinajstić information content (AvgIpc) is 3.08. The Morgan fingerprint density at radius 1 is 1.38 bits per heavy atom. The van der Waals surface area contributed by atoms with Gasteiger partial charge in [0.25, 0.3) is 0 Å². The first-order valence-corrected chi connectivity index (χ1v) is 9.54. The van der Waals surface area contributed by atoms with Crippen LogP contribution in [-0.2, 0) is 4.74 Å². The Morgan fingerprint density at radius 2 is 2.17 bits per heavy atom. The zero-order valence-corrected chi connectivity index (χ0v) is 15.8. The molecule has 0 amide bonds. The SMILES string of the molecule is CN(C[C@H]1CCCO1)C1CCN(C(=S)Nc2cccc(Cl)c2)CC1. The van der Waals surface area contributed by atoms with Crippen LogP contribution in [0, 0.1) is 0 Å². The van der Waals surface area contributed by atoms with Crippen molar-refractivity contribution in [1.82, 2.24) is 9.80 Å². The second-order valence-corrected chi connectivity index (χ2v) is 7.56. The predicted octanol–water partition coefficient (Wildman–Crippen LogP) is 3.61. The summed E-state index contributed by atoms with van der Waals surface area (Å²) in [6.45, 7) is 3.97. The first-order valence-electron chi connectivity index (χ1n) is 8.75. The number of thiocarbonyl (C=S) groups is 1. The number of nitrogens with one attached hydrogen (secondary N) is 1. The van der Waals surface area contributed by atoms with Crippen molar-refractivity contribution in [1.29, 1.82) is 0 Å². The van der Waals surface area contributed by atoms with Crippen molar-refractivity contribution in [3.63, 3.8) is 0 Å². The Balaban J connectivity index is 1.44. The highest BCUT2D eigenvalue weighted by atomic mass is 35.5. The summed E-state index contributed by atoms with van der Waals surface area (Å²) in [4.78, 5) is 4.73. The number of hydrogen-bond donors (Lipinski definition) is 1. The number of halogens is 1. The topological polar surface area (TPSA) is 27.7 Å². The van der Waals surface area contributed by atoms with E-state index >= 15 is 0 Å². The fraction of sp³-hybridized carbons (Fsp3) is 0.611. The van der Waals surface area contributed by atoms with Gasteiger partial charge in [0.05, 0.1) is 6.10 Å². The molecule has 3 rings (SSSR count). The van der Waals surface area contributed by atoms with Gasteiger partial charge in [-0.15, -0.1) is 0 Å². The molecule has 2 saturated heterocycles. The van der Waals surface area contributed by atoms with Gasteiger partial charge in [-0.25, -0.2) is 0 Å². The number of benzene rings is 1. The Bertz CT molecular complexity index is 557. The minimum Gasteiger partial charge on any atom is -0.377 e. The van der Waals surface area contributed by atoms with E-state index in [1.54, 1.807) is 0 Å². The summed E-state index contributed by atoms with van der Waals surface area (Å²) in [5.41, 5.74) is 0.949. The highest BCUT2D eigenvalue weighted by Gasteiger charge is 2.26. The van der Waals surface area contributed by atoms with Crippen molar-refractivity contribution in [3.8, 4) is 0 Å². The normalized spacial score (nSPS) is 22.1. The number of hydrogen-bond acceptors (Lipinski definition) is 3. The van der Waals surface area contributed by atoms with E-state index in [0.29, 0.717) is 12.1 Å². The Hall–Kier alpha value is -0.880. The second-order valence-electron chi connectivity index (χ2n) is 6.73. The molecule has 0 unspecified atom stereocenters. The molecule has 132 valence electrons. The van der Waals surface area contributed by atoms with Crippen LogP contribution in [0.5, 0.6) is 0 Å². The van der Waals surface area contributed by atoms with E-state index in [0.717, 1.165) is 54.9 Å². The van der Waals surface area contributed by atoms with E-state index < -0.39 is 0 Å². The molecule has 4 nitrogen and oxygen atoms in total. The highest BCUT2D eigenvalue weighted by Crippen LogP contribution is 2.21. The Kier molecular flexibility index (Phi) is 6.33. The largest absolute Gasteiger partial charge is 0.377 e. The molecule has 2 heterocycles. The fourth-order valence-electron chi connectivity index (χ4n) is 3.54. The molecule has 2 aliphatic rings. The van der Waals surface area contributed by atoms with Crippen molar-refractivity contribution in [2.45, 2.75) is 37.8 Å². The smallest absolute Gasteiger partial charge is 0.173 e. The lowest BCUT2D eigenvalue weighted by Crippen LogP contribution is -2.48. The van der Waals surface area contributed by atoms with Gasteiger partial charge in [0.2, 0.25) is 0 Å². The monoisotopic (exact) mass is 367 g/mol. The average molecular weight is 368 g/mol. The molecular formula is C18H26ClN3OS. The number of rotatable bonds is 4. The van der Waals surface area contributed by atoms with Crippen molar-refractivity contribution < 1.29 is 4.74 Å². The molecule has 1 atom stereocenters. The molecule has 1 N–H and O–H groups in total. The van der Waals surface area contributed by atoms with Gasteiger partial charge in [0, 0.05) is 43.0 Å². The van der Waals surface area contributed by atoms with Gasteiger partial charge in [-0.1, -0.05) is 17.7 Å². The zero-order valence-electron chi connectivity index (χ0n) is 14.2. The second kappa shape index (κ2) is 8.48. The third kappa shape index (κ3) is 4.82. The van der Waals surface area contributed by atoms with E-state index in [2.05, 4.69) is 22.2 Å². The van der Waals surface area contributed by atoms with Crippen LogP contribution >= 0.6 is 23.8 Å². The van der Waals surface area contributed by atoms with Gasteiger partial charge in [0.1, 0.15) is 0 Å². The quantitative estimate of drug-likeness (QED) is 0.820. The summed E-state index contributed by atoms with van der Waals surface area (Å²) >= 11 is 11.6. The van der Waals surface area contributed by atoms with Crippen LogP contribution in [0.1, 0.15) is 25.7 Å². The third-order valence-electron chi connectivity index (χ3n) is 4.97. The minimum atomic E-state index is 0.429. The molecule has 6 heteroatoms. The zero-order chi connectivity index (χ0) is 16.9. The van der Waals surface area contributed by atoms with Crippen molar-refractivity contribution in [3.05, 3.63) is 29.3 Å². The van der Waals surface area contributed by atoms with Crippen LogP contribution < -0.4 is 5.32 Å². The van der Waals surface area contributed by atoms with E-state index in [1.807, 2.05) is 24.3 Å². The van der Waals surface area contributed by atoms with Crippen molar-refractivity contribution >= 4 is 34.6 Å². The summed E-state index contributed by atoms with van der Waals surface area (Å²) in [6.07, 6.45) is 5.12. The molecule has 1 aromatic rings. The van der Waals surface area contributed by atoms with Gasteiger partial charge in [-0.2, -0.15) is 0 Å². The lowest BCUT2D eigenvalue weighted by atomic mass is 10.0. The summed E-state index contributed by atoms with van der Waals surface area (Å²) in [7, 11) is 2.23. The molecule has 2 aliphatic heterocycles. The first-order chi connectivity index (χ1) is 11.6. The summed E-state index contributed by atoms with van der Waals surface area (Å²) in [5.74, 6) is 0. The van der Waals surface area contributed by atoms with Crippen molar-refractivity contribution in [2.75, 3.05) is 38.6 Å². The molecule has 1 aromatic carbocycles. The van der Waals surface area contributed by atoms with Crippen molar-refractivity contribution in [2.24, 2.45) is 0 Å². The van der Waals surface area contributed by atoms with Crippen LogP contribution in [0.25, 0.3) is 0 Å². The van der Waals surface area contributed by atoms with E-state index in [1.165, 1.54) is 12.8 Å². The summed E-state index contributed by atoms with van der Waals surface area (Å²) in [6, 6.07) is 8.31. The Morgan fingerprint density at radius 3 is 2.83 bits per heavy atom. The number of piperidine rings is 1. The first kappa shape index (κ1) is 17.9. The standard InChI is InChI=1S/C18H26ClN3OS/c1-21(13-17-6-3-11-23-17)16-7-9-22(10-8-16)18(24)20-15-5-2-4-14(19)12-15/h2,4-5,12,16-17H,3,6-11,13H2,1H3,(H,20,24)/t17-/m1/s1. The molecule has 0 aliphatic carbocycles. The maximum atomic E-state index is 6.03. The molecule has 0 aromatic heterocycles. The summed E-state index contributed by atoms with van der Waals surface area (Å²) in [5, 5.41) is 4.80. The van der Waals surface area contributed by atoms with Crippen LogP contribution in [0.3, 0.4) is 0 Å². The molecule has 0 bridgehead atoms. The van der Waals surface area contributed by atoms with E-state index in [9.17, 15) is 0 Å². The van der Waals surface area contributed by atoms with E-state index in [-0.39, 0.29) is 0 Å². The number of anilines is 1. The number of likely N-dealkylation sites (N-methyl/N-ethyl adjacent to an activating group) is 1. The lowest BCUT2D eigenvalue weighted by Gasteiger charge is -2.38. The number of nitrogens with zero attached hydrogens (tertiary/aromatic N) is 2. The molecule has 0 spiro atoms. The molecular weight excluding hydrogens is 342 g/mol. The number of ether oxygens (including phenoxy) is 1. The predicted molar refractivity (Wildman–Crippen MR) is 104 cm³/mol.